The molecule has 172 valence electrons. The number of ether oxygens (including phenoxy) is 2. The van der Waals surface area contributed by atoms with Crippen LogP contribution in [0, 0.1) is 0 Å². The Morgan fingerprint density at radius 1 is 1.03 bits per heavy atom. The average Bonchev–Trinajstić information content (AvgIpc) is 3.44. The summed E-state index contributed by atoms with van der Waals surface area (Å²) in [7, 11) is 0. The topological polar surface area (TPSA) is 144 Å². The number of nitrogens with one attached hydrogen (secondary N) is 3. The molecular formula is C22H18N6O5S. The standard InChI is InChI=1S/C22H18N6O5S/c29-19-10-14(24-21(31)25-19)9-18-26-27-22(28(18)15-4-2-1-3-5-15)34-11-20(30)23-13-6-7-16-17(8-13)33-12-32-16/h1-8,10H,9,11-12H2,(H,23,30)(H2,24,25,29,31). The molecule has 1 amide bonds. The minimum atomic E-state index is -0.594. The van der Waals surface area contributed by atoms with E-state index in [0.717, 1.165) is 5.69 Å². The van der Waals surface area contributed by atoms with E-state index in [0.29, 0.717) is 33.9 Å². The van der Waals surface area contributed by atoms with Gasteiger partial charge in [-0.3, -0.25) is 19.1 Å². The molecule has 1 aliphatic heterocycles. The van der Waals surface area contributed by atoms with Gasteiger partial charge in [0, 0.05) is 35.6 Å². The molecule has 0 atom stereocenters. The molecule has 0 saturated carbocycles. The van der Waals surface area contributed by atoms with Gasteiger partial charge in [-0.25, -0.2) is 4.79 Å². The third kappa shape index (κ3) is 4.71. The van der Waals surface area contributed by atoms with Crippen molar-refractivity contribution in [3.63, 3.8) is 0 Å². The molecule has 0 saturated heterocycles. The predicted octanol–water partition coefficient (Wildman–Crippen LogP) is 1.69. The highest BCUT2D eigenvalue weighted by Crippen LogP contribution is 2.34. The summed E-state index contributed by atoms with van der Waals surface area (Å²) >= 11 is 1.21. The Kier molecular flexibility index (Phi) is 5.87. The zero-order valence-corrected chi connectivity index (χ0v) is 18.4. The lowest BCUT2D eigenvalue weighted by atomic mass is 10.2. The molecule has 0 bridgehead atoms. The minimum Gasteiger partial charge on any atom is -0.454 e. The molecule has 3 N–H and O–H groups in total. The highest BCUT2D eigenvalue weighted by molar-refractivity contribution is 7.99. The summed E-state index contributed by atoms with van der Waals surface area (Å²) in [5.74, 6) is 1.58. The van der Waals surface area contributed by atoms with Crippen molar-refractivity contribution >= 4 is 23.4 Å². The molecule has 5 rings (SSSR count). The molecule has 2 aromatic carbocycles. The van der Waals surface area contributed by atoms with E-state index in [1.54, 1.807) is 22.8 Å². The Bertz CT molecular complexity index is 1430. The van der Waals surface area contributed by atoms with Crippen molar-refractivity contribution in [2.24, 2.45) is 0 Å². The Hall–Kier alpha value is -4.32. The first-order valence-corrected chi connectivity index (χ1v) is 11.2. The smallest absolute Gasteiger partial charge is 0.325 e. The zero-order valence-electron chi connectivity index (χ0n) is 17.6. The van der Waals surface area contributed by atoms with Crippen LogP contribution in [0.2, 0.25) is 0 Å². The minimum absolute atomic E-state index is 0.0846. The number of hydrogen-bond donors (Lipinski definition) is 3. The van der Waals surface area contributed by atoms with Crippen LogP contribution in [-0.4, -0.2) is 43.2 Å². The number of carbonyl (C=O) groups is 1. The van der Waals surface area contributed by atoms with Crippen molar-refractivity contribution in [1.82, 2.24) is 24.7 Å². The molecular weight excluding hydrogens is 460 g/mol. The highest BCUT2D eigenvalue weighted by atomic mass is 32.2. The summed E-state index contributed by atoms with van der Waals surface area (Å²) in [5, 5.41) is 11.8. The second-order valence-corrected chi connectivity index (χ2v) is 8.21. The van der Waals surface area contributed by atoms with Crippen LogP contribution in [0.4, 0.5) is 5.69 Å². The van der Waals surface area contributed by atoms with Crippen LogP contribution in [0.25, 0.3) is 5.69 Å². The summed E-state index contributed by atoms with van der Waals surface area (Å²) in [4.78, 5) is 40.6. The summed E-state index contributed by atoms with van der Waals surface area (Å²) in [6.45, 7) is 0.158. The lowest BCUT2D eigenvalue weighted by molar-refractivity contribution is -0.113. The van der Waals surface area contributed by atoms with Crippen LogP contribution in [0.15, 0.2) is 69.3 Å². The second kappa shape index (κ2) is 9.27. The summed E-state index contributed by atoms with van der Waals surface area (Å²) in [5.41, 5.74) is 0.685. The lowest BCUT2D eigenvalue weighted by Crippen LogP contribution is -2.23. The molecule has 1 aliphatic rings. The molecule has 0 unspecified atom stereocenters. The van der Waals surface area contributed by atoms with Gasteiger partial charge >= 0.3 is 5.69 Å². The van der Waals surface area contributed by atoms with Gasteiger partial charge in [-0.2, -0.15) is 0 Å². The largest absolute Gasteiger partial charge is 0.454 e. The maximum atomic E-state index is 12.6. The Morgan fingerprint density at radius 2 is 1.85 bits per heavy atom. The fourth-order valence-electron chi connectivity index (χ4n) is 3.43. The maximum Gasteiger partial charge on any atom is 0.325 e. The number of aromatic nitrogens is 5. The third-order valence-electron chi connectivity index (χ3n) is 4.87. The molecule has 0 spiro atoms. The number of anilines is 1. The number of H-pyrrole nitrogens is 2. The number of hydrogen-bond acceptors (Lipinski definition) is 8. The van der Waals surface area contributed by atoms with E-state index in [-0.39, 0.29) is 24.9 Å². The van der Waals surface area contributed by atoms with Crippen LogP contribution < -0.4 is 26.0 Å². The van der Waals surface area contributed by atoms with Crippen molar-refractivity contribution < 1.29 is 14.3 Å². The number of fused-ring (bicyclic) bond motifs is 1. The van der Waals surface area contributed by atoms with E-state index in [2.05, 4.69) is 25.5 Å². The molecule has 11 nitrogen and oxygen atoms in total. The van der Waals surface area contributed by atoms with Crippen LogP contribution in [0.5, 0.6) is 11.5 Å². The fraction of sp³-hybridized carbons (Fsp3) is 0.136. The van der Waals surface area contributed by atoms with Gasteiger partial charge in [0.2, 0.25) is 12.7 Å². The van der Waals surface area contributed by atoms with Crippen LogP contribution in [0.3, 0.4) is 0 Å². The lowest BCUT2D eigenvalue weighted by Gasteiger charge is -2.10. The van der Waals surface area contributed by atoms with Gasteiger partial charge in [-0.15, -0.1) is 10.2 Å². The van der Waals surface area contributed by atoms with Crippen molar-refractivity contribution in [1.29, 1.82) is 0 Å². The van der Waals surface area contributed by atoms with Crippen molar-refractivity contribution in [2.45, 2.75) is 11.6 Å². The van der Waals surface area contributed by atoms with Gasteiger partial charge < -0.3 is 19.8 Å². The first-order chi connectivity index (χ1) is 16.5. The summed E-state index contributed by atoms with van der Waals surface area (Å²) in [6.07, 6.45) is 0.172. The van der Waals surface area contributed by atoms with Crippen LogP contribution in [0.1, 0.15) is 11.5 Å². The van der Waals surface area contributed by atoms with Gasteiger partial charge in [-0.1, -0.05) is 30.0 Å². The first kappa shape index (κ1) is 21.5. The van der Waals surface area contributed by atoms with Gasteiger partial charge in [0.25, 0.3) is 5.56 Å². The highest BCUT2D eigenvalue weighted by Gasteiger charge is 2.18. The zero-order chi connectivity index (χ0) is 23.5. The predicted molar refractivity (Wildman–Crippen MR) is 124 cm³/mol. The second-order valence-electron chi connectivity index (χ2n) is 7.26. The number of rotatable bonds is 7. The van der Waals surface area contributed by atoms with Gasteiger partial charge in [-0.05, 0) is 24.3 Å². The average molecular weight is 478 g/mol. The Labute approximate surface area is 196 Å². The molecule has 0 aliphatic carbocycles. The van der Waals surface area contributed by atoms with Gasteiger partial charge in [0.15, 0.2) is 16.7 Å². The number of amides is 1. The van der Waals surface area contributed by atoms with Crippen LogP contribution >= 0.6 is 11.8 Å². The number of nitrogens with zero attached hydrogens (tertiary/aromatic N) is 3. The monoisotopic (exact) mass is 478 g/mol. The van der Waals surface area contributed by atoms with E-state index in [1.165, 1.54) is 17.8 Å². The molecule has 3 heterocycles. The Morgan fingerprint density at radius 3 is 2.68 bits per heavy atom. The number of thioether (sulfide) groups is 1. The fourth-order valence-corrected chi connectivity index (χ4v) is 4.20. The van der Waals surface area contributed by atoms with Crippen molar-refractivity contribution in [3.05, 3.63) is 87.0 Å². The normalized spacial score (nSPS) is 12.0. The number of carbonyl (C=O) groups excluding carboxylic acids is 1. The maximum absolute atomic E-state index is 12.6. The van der Waals surface area contributed by atoms with E-state index in [4.69, 9.17) is 9.47 Å². The molecule has 4 aromatic rings. The molecule has 12 heteroatoms. The van der Waals surface area contributed by atoms with E-state index in [9.17, 15) is 14.4 Å². The molecule has 34 heavy (non-hydrogen) atoms. The number of aromatic amines is 2. The van der Waals surface area contributed by atoms with Crippen LogP contribution in [-0.2, 0) is 11.2 Å². The van der Waals surface area contributed by atoms with Gasteiger partial charge in [0.05, 0.1) is 5.75 Å². The first-order valence-electron chi connectivity index (χ1n) is 10.2. The van der Waals surface area contributed by atoms with Gasteiger partial charge in [0.1, 0.15) is 5.82 Å². The van der Waals surface area contributed by atoms with E-state index in [1.807, 2.05) is 30.3 Å². The Balaban J connectivity index is 1.35. The number of para-hydroxylation sites is 1. The third-order valence-corrected chi connectivity index (χ3v) is 5.80. The number of benzene rings is 2. The van der Waals surface area contributed by atoms with Crippen molar-refractivity contribution in [3.8, 4) is 17.2 Å². The quantitative estimate of drug-likeness (QED) is 0.341. The van der Waals surface area contributed by atoms with Crippen molar-refractivity contribution in [2.75, 3.05) is 17.9 Å². The van der Waals surface area contributed by atoms with E-state index < -0.39 is 11.2 Å². The van der Waals surface area contributed by atoms with E-state index >= 15 is 0 Å². The molecule has 0 fully saturated rings. The summed E-state index contributed by atoms with van der Waals surface area (Å²) < 4.78 is 12.4. The SMILES string of the molecule is O=C(CSc1nnc(Cc2cc(=O)[nH]c(=O)[nH]2)n1-c1ccccc1)Nc1ccc2c(c1)OCO2. The molecule has 0 radical (unpaired) electrons. The molecule has 2 aromatic heterocycles. The summed E-state index contributed by atoms with van der Waals surface area (Å²) in [6, 6.07) is 15.9.